The topological polar surface area (TPSA) is 79.0 Å². The highest BCUT2D eigenvalue weighted by Crippen LogP contribution is 2.29. The van der Waals surface area contributed by atoms with Crippen molar-refractivity contribution in [1.82, 2.24) is 4.90 Å². The minimum absolute atomic E-state index is 0.131. The van der Waals surface area contributed by atoms with Crippen LogP contribution in [0.5, 0.6) is 5.75 Å². The number of hydrogen-bond acceptors (Lipinski definition) is 5. The van der Waals surface area contributed by atoms with E-state index in [1.54, 1.807) is 23.1 Å². The van der Waals surface area contributed by atoms with E-state index in [0.717, 1.165) is 21.8 Å². The largest absolute Gasteiger partial charge is 0.426 e. The lowest BCUT2D eigenvalue weighted by Gasteiger charge is -2.40. The van der Waals surface area contributed by atoms with Crippen LogP contribution in [0, 0.1) is 6.92 Å². The molecule has 1 atom stereocenters. The molecule has 1 fully saturated rings. The van der Waals surface area contributed by atoms with Crippen molar-refractivity contribution in [2.75, 3.05) is 29.9 Å². The maximum atomic E-state index is 12.7. The highest BCUT2D eigenvalue weighted by molar-refractivity contribution is 6.39. The Kier molecular flexibility index (Phi) is 5.39. The van der Waals surface area contributed by atoms with Crippen LogP contribution in [-0.2, 0) is 20.8 Å². The molecule has 0 aromatic heterocycles. The van der Waals surface area contributed by atoms with E-state index in [-0.39, 0.29) is 18.4 Å². The summed E-state index contributed by atoms with van der Waals surface area (Å²) in [5.41, 5.74) is 3.24. The van der Waals surface area contributed by atoms with E-state index in [4.69, 9.17) is 16.3 Å². The number of nitrogens with zero attached hydrogens (tertiary/aromatic N) is 2. The highest BCUT2D eigenvalue weighted by Gasteiger charge is 2.31. The average Bonchev–Trinajstić information content (AvgIpc) is 3.08. The molecule has 2 aliphatic heterocycles. The number of benzene rings is 2. The molecule has 2 amide bonds. The number of carbonyl (C=O) groups excluding carboxylic acids is 3. The van der Waals surface area contributed by atoms with Crippen LogP contribution in [0.2, 0.25) is 5.02 Å². The van der Waals surface area contributed by atoms with Crippen LogP contribution in [0.4, 0.5) is 11.4 Å². The lowest BCUT2D eigenvalue weighted by Crippen LogP contribution is -2.56. The Morgan fingerprint density at radius 1 is 1.17 bits per heavy atom. The molecule has 2 heterocycles. The maximum Gasteiger partial charge on any atom is 0.315 e. The second-order valence-corrected chi connectivity index (χ2v) is 8.06. The molecule has 2 aliphatic rings. The molecule has 2 aromatic carbocycles. The molecule has 2 aromatic rings. The van der Waals surface area contributed by atoms with Crippen molar-refractivity contribution in [3.8, 4) is 5.75 Å². The monoisotopic (exact) mass is 427 g/mol. The number of carbonyl (C=O) groups is 3. The Bertz CT molecular complexity index is 1040. The fourth-order valence-corrected chi connectivity index (χ4v) is 3.94. The van der Waals surface area contributed by atoms with E-state index in [1.807, 2.05) is 32.0 Å². The average molecular weight is 428 g/mol. The number of aryl methyl sites for hydroxylation is 1. The summed E-state index contributed by atoms with van der Waals surface area (Å²) in [5.74, 6) is -1.19. The number of anilines is 2. The summed E-state index contributed by atoms with van der Waals surface area (Å²) < 4.78 is 5.09. The van der Waals surface area contributed by atoms with Gasteiger partial charge in [-0.05, 0) is 43.7 Å². The van der Waals surface area contributed by atoms with Crippen LogP contribution in [0.15, 0.2) is 36.4 Å². The number of nitrogens with one attached hydrogen (secondary N) is 1. The smallest absolute Gasteiger partial charge is 0.315 e. The number of halogens is 1. The van der Waals surface area contributed by atoms with Crippen LogP contribution >= 0.6 is 11.6 Å². The summed E-state index contributed by atoms with van der Waals surface area (Å²) in [5, 5.41) is 3.33. The van der Waals surface area contributed by atoms with Gasteiger partial charge in [0.1, 0.15) is 5.75 Å². The van der Waals surface area contributed by atoms with Gasteiger partial charge in [0.15, 0.2) is 0 Å². The van der Waals surface area contributed by atoms with Gasteiger partial charge in [-0.15, -0.1) is 0 Å². The van der Waals surface area contributed by atoms with Gasteiger partial charge in [0.05, 0.1) is 6.42 Å². The van der Waals surface area contributed by atoms with Gasteiger partial charge in [-0.3, -0.25) is 14.4 Å². The van der Waals surface area contributed by atoms with E-state index in [1.165, 1.54) is 0 Å². The summed E-state index contributed by atoms with van der Waals surface area (Å²) in [6.07, 6.45) is 0.220. The Labute approximate surface area is 179 Å². The SMILES string of the molecule is Cc1cc(N2CCN(C(=O)C(=O)Nc3ccc4c(c3)OC(=O)C4)[C@H](C)C2)ccc1Cl. The van der Waals surface area contributed by atoms with E-state index in [0.29, 0.717) is 31.1 Å². The standard InChI is InChI=1S/C22H22ClN3O4/c1-13-9-17(5-6-18(13)23)25-7-8-26(14(2)12-25)22(29)21(28)24-16-4-3-15-10-20(27)30-19(15)11-16/h3-6,9,11,14H,7-8,10,12H2,1-2H3,(H,24,28)/t14-/m1/s1. The lowest BCUT2D eigenvalue weighted by atomic mass is 10.1. The number of amides is 2. The first-order valence-corrected chi connectivity index (χ1v) is 10.2. The molecule has 0 unspecified atom stereocenters. The van der Waals surface area contributed by atoms with Crippen molar-refractivity contribution < 1.29 is 19.1 Å². The molecule has 0 radical (unpaired) electrons. The molecule has 156 valence electrons. The van der Waals surface area contributed by atoms with Crippen molar-refractivity contribution in [1.29, 1.82) is 0 Å². The number of piperazine rings is 1. The van der Waals surface area contributed by atoms with Crippen LogP contribution in [0.3, 0.4) is 0 Å². The first-order valence-electron chi connectivity index (χ1n) is 9.78. The second kappa shape index (κ2) is 7.99. The summed E-state index contributed by atoms with van der Waals surface area (Å²) in [6, 6.07) is 10.7. The van der Waals surface area contributed by atoms with Gasteiger partial charge in [0, 0.05) is 53.7 Å². The van der Waals surface area contributed by atoms with Crippen LogP contribution in [0.25, 0.3) is 0 Å². The molecule has 1 saturated heterocycles. The molecule has 1 N–H and O–H groups in total. The molecule has 30 heavy (non-hydrogen) atoms. The van der Waals surface area contributed by atoms with Gasteiger partial charge in [-0.25, -0.2) is 0 Å². The summed E-state index contributed by atoms with van der Waals surface area (Å²) in [6.45, 7) is 5.57. The van der Waals surface area contributed by atoms with Gasteiger partial charge >= 0.3 is 17.8 Å². The zero-order valence-corrected chi connectivity index (χ0v) is 17.5. The predicted molar refractivity (Wildman–Crippen MR) is 114 cm³/mol. The minimum Gasteiger partial charge on any atom is -0.426 e. The van der Waals surface area contributed by atoms with Crippen molar-refractivity contribution in [3.05, 3.63) is 52.5 Å². The quantitative estimate of drug-likeness (QED) is 0.453. The number of fused-ring (bicyclic) bond motifs is 1. The van der Waals surface area contributed by atoms with E-state index >= 15 is 0 Å². The number of rotatable bonds is 2. The van der Waals surface area contributed by atoms with E-state index in [9.17, 15) is 14.4 Å². The van der Waals surface area contributed by atoms with Crippen molar-refractivity contribution >= 4 is 40.8 Å². The normalized spacial score (nSPS) is 18.1. The number of esters is 1. The third kappa shape index (κ3) is 3.98. The van der Waals surface area contributed by atoms with E-state index in [2.05, 4.69) is 10.2 Å². The predicted octanol–water partition coefficient (Wildman–Crippen LogP) is 2.79. The number of ether oxygens (including phenoxy) is 1. The molecule has 4 rings (SSSR count). The fourth-order valence-electron chi connectivity index (χ4n) is 3.82. The second-order valence-electron chi connectivity index (χ2n) is 7.65. The zero-order chi connectivity index (χ0) is 21.4. The molecule has 0 bridgehead atoms. The van der Waals surface area contributed by atoms with Crippen LogP contribution < -0.4 is 15.0 Å². The Hall–Kier alpha value is -3.06. The fraction of sp³-hybridized carbons (Fsp3) is 0.318. The van der Waals surface area contributed by atoms with Crippen molar-refractivity contribution in [3.63, 3.8) is 0 Å². The molecule has 0 spiro atoms. The summed E-state index contributed by atoms with van der Waals surface area (Å²) in [7, 11) is 0. The van der Waals surface area contributed by atoms with Gasteiger partial charge in [0.25, 0.3) is 0 Å². The molecular formula is C22H22ClN3O4. The first-order chi connectivity index (χ1) is 14.3. The molecule has 8 heteroatoms. The zero-order valence-electron chi connectivity index (χ0n) is 16.8. The van der Waals surface area contributed by atoms with Crippen LogP contribution in [0.1, 0.15) is 18.1 Å². The molecule has 7 nitrogen and oxygen atoms in total. The molecule has 0 saturated carbocycles. The van der Waals surface area contributed by atoms with E-state index < -0.39 is 11.8 Å². The third-order valence-corrected chi connectivity index (χ3v) is 5.90. The third-order valence-electron chi connectivity index (χ3n) is 5.47. The maximum absolute atomic E-state index is 12.7. The Morgan fingerprint density at radius 2 is 1.97 bits per heavy atom. The number of hydrogen-bond donors (Lipinski definition) is 1. The lowest BCUT2D eigenvalue weighted by molar-refractivity contribution is -0.144. The van der Waals surface area contributed by atoms with Crippen molar-refractivity contribution in [2.45, 2.75) is 26.3 Å². The Balaban J connectivity index is 1.39. The van der Waals surface area contributed by atoms with Gasteiger partial charge in [-0.2, -0.15) is 0 Å². The summed E-state index contributed by atoms with van der Waals surface area (Å²) in [4.78, 5) is 40.4. The first kappa shape index (κ1) is 20.2. The van der Waals surface area contributed by atoms with Gasteiger partial charge in [-0.1, -0.05) is 17.7 Å². The van der Waals surface area contributed by atoms with Gasteiger partial charge in [0.2, 0.25) is 0 Å². The molecular weight excluding hydrogens is 406 g/mol. The summed E-state index contributed by atoms with van der Waals surface area (Å²) >= 11 is 6.11. The highest BCUT2D eigenvalue weighted by atomic mass is 35.5. The Morgan fingerprint density at radius 3 is 2.70 bits per heavy atom. The molecule has 0 aliphatic carbocycles. The van der Waals surface area contributed by atoms with Crippen LogP contribution in [-0.4, -0.2) is 48.4 Å². The van der Waals surface area contributed by atoms with Crippen molar-refractivity contribution in [2.24, 2.45) is 0 Å². The minimum atomic E-state index is -0.707. The van der Waals surface area contributed by atoms with Gasteiger partial charge < -0.3 is 19.9 Å².